The number of hydrogen-bond acceptors (Lipinski definition) is 8. The molecule has 1 fully saturated rings. The van der Waals surface area contributed by atoms with Crippen LogP contribution in [-0.2, 0) is 20.9 Å². The molecule has 1 aromatic carbocycles. The van der Waals surface area contributed by atoms with Crippen molar-refractivity contribution in [3.8, 4) is 11.5 Å². The number of imide groups is 1. The number of nitrogens with two attached hydrogens (primary N) is 1. The Bertz CT molecular complexity index is 1120. The second kappa shape index (κ2) is 9.43. The quantitative estimate of drug-likeness (QED) is 0.341. The summed E-state index contributed by atoms with van der Waals surface area (Å²) in [6, 6.07) is 5.14. The van der Waals surface area contributed by atoms with Gasteiger partial charge in [0, 0.05) is 0 Å². The van der Waals surface area contributed by atoms with Gasteiger partial charge in [-0.1, -0.05) is 11.6 Å². The Labute approximate surface area is 186 Å². The van der Waals surface area contributed by atoms with Crippen molar-refractivity contribution < 1.29 is 37.8 Å². The van der Waals surface area contributed by atoms with Crippen molar-refractivity contribution in [1.82, 2.24) is 10.2 Å². The van der Waals surface area contributed by atoms with Gasteiger partial charge in [-0.3, -0.25) is 14.5 Å². The molecule has 2 aromatic rings. The van der Waals surface area contributed by atoms with Gasteiger partial charge in [-0.15, -0.1) is 0 Å². The number of carbonyl (C=O) groups is 4. The fraction of sp³-hybridized carbons (Fsp3) is 0.200. The van der Waals surface area contributed by atoms with Gasteiger partial charge in [-0.25, -0.2) is 9.59 Å². The second-order valence-corrected chi connectivity index (χ2v) is 6.83. The summed E-state index contributed by atoms with van der Waals surface area (Å²) in [6.07, 6.45) is 1.40. The first-order valence-electron chi connectivity index (χ1n) is 9.03. The van der Waals surface area contributed by atoms with Gasteiger partial charge in [-0.05, 0) is 35.9 Å². The van der Waals surface area contributed by atoms with E-state index in [4.69, 9.17) is 31.2 Å². The minimum Gasteiger partial charge on any atom is -0.493 e. The average Bonchev–Trinajstić information content (AvgIpc) is 3.32. The predicted molar refractivity (Wildman–Crippen MR) is 110 cm³/mol. The molecule has 1 aromatic heterocycles. The Morgan fingerprint density at radius 1 is 1.25 bits per heavy atom. The van der Waals surface area contributed by atoms with Crippen LogP contribution in [0.1, 0.15) is 21.9 Å². The zero-order valence-corrected chi connectivity index (χ0v) is 17.7. The highest BCUT2D eigenvalue weighted by Crippen LogP contribution is 2.37. The zero-order chi connectivity index (χ0) is 23.4. The maximum Gasteiger partial charge on any atom is 0.373 e. The van der Waals surface area contributed by atoms with Crippen LogP contribution in [0.2, 0.25) is 5.02 Å². The molecule has 0 atom stereocenters. The summed E-state index contributed by atoms with van der Waals surface area (Å²) in [6.45, 7) is -0.590. The average molecular weight is 464 g/mol. The molecule has 0 aliphatic carbocycles. The molecule has 0 spiro atoms. The summed E-state index contributed by atoms with van der Waals surface area (Å²) in [4.78, 5) is 48.3. The van der Waals surface area contributed by atoms with Crippen LogP contribution in [0.3, 0.4) is 0 Å². The van der Waals surface area contributed by atoms with Crippen molar-refractivity contribution in [3.63, 3.8) is 0 Å². The number of primary amides is 1. The topological polar surface area (TPSA) is 150 Å². The minimum atomic E-state index is -0.691. The molecule has 11 nitrogen and oxygen atoms in total. The van der Waals surface area contributed by atoms with Gasteiger partial charge in [0.2, 0.25) is 5.76 Å². The largest absolute Gasteiger partial charge is 0.493 e. The van der Waals surface area contributed by atoms with E-state index in [1.165, 1.54) is 44.6 Å². The molecule has 0 saturated carbocycles. The van der Waals surface area contributed by atoms with E-state index >= 15 is 0 Å². The highest BCUT2D eigenvalue weighted by molar-refractivity contribution is 6.32. The first-order chi connectivity index (χ1) is 15.2. The number of halogens is 1. The third-order valence-electron chi connectivity index (χ3n) is 4.25. The van der Waals surface area contributed by atoms with Crippen molar-refractivity contribution in [2.24, 2.45) is 5.73 Å². The lowest BCUT2D eigenvalue weighted by Gasteiger charge is -2.12. The number of nitrogens with one attached hydrogen (secondary N) is 1. The van der Waals surface area contributed by atoms with Crippen LogP contribution in [0.25, 0.3) is 6.08 Å². The number of furan rings is 1. The Morgan fingerprint density at radius 3 is 2.66 bits per heavy atom. The molecule has 3 N–H and O–H groups in total. The summed E-state index contributed by atoms with van der Waals surface area (Å²) in [5.41, 5.74) is 5.48. The van der Waals surface area contributed by atoms with Gasteiger partial charge in [0.1, 0.15) is 11.5 Å². The summed E-state index contributed by atoms with van der Waals surface area (Å²) in [5, 5.41) is 2.57. The third kappa shape index (κ3) is 4.83. The first kappa shape index (κ1) is 22.7. The van der Waals surface area contributed by atoms with Crippen LogP contribution < -0.4 is 20.5 Å². The molecule has 0 unspecified atom stereocenters. The van der Waals surface area contributed by atoms with Crippen molar-refractivity contribution in [2.45, 2.75) is 6.54 Å². The number of methoxy groups -OCH3 is 2. The second-order valence-electron chi connectivity index (χ2n) is 6.43. The Hall–Kier alpha value is -3.99. The van der Waals surface area contributed by atoms with Crippen LogP contribution in [0.4, 0.5) is 4.79 Å². The van der Waals surface area contributed by atoms with Crippen LogP contribution in [0.15, 0.2) is 34.4 Å². The normalized spacial score (nSPS) is 14.5. The van der Waals surface area contributed by atoms with Crippen LogP contribution >= 0.6 is 11.6 Å². The Morgan fingerprint density at radius 2 is 2.00 bits per heavy atom. The number of esters is 1. The van der Waals surface area contributed by atoms with Crippen LogP contribution in [0.5, 0.6) is 11.5 Å². The molecule has 1 aliphatic rings. The molecule has 32 heavy (non-hydrogen) atoms. The number of amides is 4. The van der Waals surface area contributed by atoms with Crippen molar-refractivity contribution >= 4 is 41.5 Å². The lowest BCUT2D eigenvalue weighted by Crippen LogP contribution is -2.30. The predicted octanol–water partition coefficient (Wildman–Crippen LogP) is 1.69. The van der Waals surface area contributed by atoms with E-state index < -0.39 is 30.4 Å². The van der Waals surface area contributed by atoms with Crippen molar-refractivity contribution in [3.05, 3.63) is 52.1 Å². The Balaban J connectivity index is 1.80. The zero-order valence-electron chi connectivity index (χ0n) is 17.0. The maximum absolute atomic E-state index is 12.7. The minimum absolute atomic E-state index is 0.0151. The molecule has 1 saturated heterocycles. The van der Waals surface area contributed by atoms with Crippen molar-refractivity contribution in [1.29, 1.82) is 0 Å². The van der Waals surface area contributed by atoms with Gasteiger partial charge >= 0.3 is 12.0 Å². The number of rotatable bonds is 8. The van der Waals surface area contributed by atoms with E-state index in [0.29, 0.717) is 5.56 Å². The molecule has 2 heterocycles. The van der Waals surface area contributed by atoms with Gasteiger partial charge in [0.25, 0.3) is 11.8 Å². The van der Waals surface area contributed by atoms with E-state index in [1.54, 1.807) is 0 Å². The van der Waals surface area contributed by atoms with Crippen molar-refractivity contribution in [2.75, 3.05) is 20.8 Å². The van der Waals surface area contributed by atoms with E-state index in [2.05, 4.69) is 10.1 Å². The molecule has 0 radical (unpaired) electrons. The van der Waals surface area contributed by atoms with E-state index in [1.807, 2.05) is 0 Å². The number of ether oxygens (including phenoxy) is 3. The van der Waals surface area contributed by atoms with E-state index in [-0.39, 0.29) is 40.3 Å². The van der Waals surface area contributed by atoms with E-state index in [9.17, 15) is 19.2 Å². The molecule has 12 heteroatoms. The standard InChI is InChI=1S/C20H18ClN3O8/c1-29-15-7-10(5-12(21)17(15)31-9-16(22)25)6-13-18(26)24(20(28)23-13)8-11-3-4-14(32-11)19(27)30-2/h3-7H,8-9H2,1-2H3,(H2,22,25)(H,23,28)/b13-6-. The van der Waals surface area contributed by atoms with Crippen LogP contribution in [-0.4, -0.2) is 49.5 Å². The van der Waals surface area contributed by atoms with E-state index in [0.717, 1.165) is 4.90 Å². The maximum atomic E-state index is 12.7. The molecule has 3 rings (SSSR count). The molecular formula is C20H18ClN3O8. The lowest BCUT2D eigenvalue weighted by molar-refractivity contribution is -0.123. The Kier molecular flexibility index (Phi) is 6.69. The van der Waals surface area contributed by atoms with Crippen LogP contribution in [0, 0.1) is 0 Å². The summed E-state index contributed by atoms with van der Waals surface area (Å²) in [5.74, 6) is -1.51. The summed E-state index contributed by atoms with van der Waals surface area (Å²) < 4.78 is 20.3. The monoisotopic (exact) mass is 463 g/mol. The summed E-state index contributed by atoms with van der Waals surface area (Å²) in [7, 11) is 2.58. The lowest BCUT2D eigenvalue weighted by atomic mass is 10.1. The molecule has 168 valence electrons. The smallest absolute Gasteiger partial charge is 0.373 e. The fourth-order valence-corrected chi connectivity index (χ4v) is 3.09. The third-order valence-corrected chi connectivity index (χ3v) is 4.53. The van der Waals surface area contributed by atoms with Gasteiger partial charge in [0.05, 0.1) is 25.8 Å². The fourth-order valence-electron chi connectivity index (χ4n) is 2.82. The molecular weight excluding hydrogens is 446 g/mol. The highest BCUT2D eigenvalue weighted by atomic mass is 35.5. The first-order valence-corrected chi connectivity index (χ1v) is 9.41. The van der Waals surface area contributed by atoms with Gasteiger partial charge in [0.15, 0.2) is 18.1 Å². The number of carbonyl (C=O) groups excluding carboxylic acids is 4. The summed E-state index contributed by atoms with van der Waals surface area (Å²) >= 11 is 6.20. The number of hydrogen-bond donors (Lipinski definition) is 2. The van der Waals surface area contributed by atoms with Gasteiger partial charge in [-0.2, -0.15) is 0 Å². The number of nitrogens with zero attached hydrogens (tertiary/aromatic N) is 1. The van der Waals surface area contributed by atoms with Gasteiger partial charge < -0.3 is 29.7 Å². The highest BCUT2D eigenvalue weighted by Gasteiger charge is 2.34. The SMILES string of the molecule is COC(=O)c1ccc(CN2C(=O)N/C(=C\c3cc(Cl)c(OCC(N)=O)c(OC)c3)C2=O)o1. The molecule has 4 amide bonds. The molecule has 1 aliphatic heterocycles. The number of urea groups is 1. The number of benzene rings is 1. The molecule has 0 bridgehead atoms.